The molecule has 0 amide bonds. The van der Waals surface area contributed by atoms with E-state index < -0.39 is 0 Å². The van der Waals surface area contributed by atoms with E-state index in [-0.39, 0.29) is 5.78 Å². The molecule has 20 heavy (non-hydrogen) atoms. The Morgan fingerprint density at radius 2 is 1.80 bits per heavy atom. The maximum atomic E-state index is 12.2. The van der Waals surface area contributed by atoms with Gasteiger partial charge in [0.05, 0.1) is 12.7 Å². The van der Waals surface area contributed by atoms with Gasteiger partial charge in [-0.15, -0.1) is 0 Å². The van der Waals surface area contributed by atoms with Crippen molar-refractivity contribution in [1.29, 1.82) is 0 Å². The molecule has 0 saturated carbocycles. The van der Waals surface area contributed by atoms with Crippen LogP contribution in [0.4, 0.5) is 0 Å². The number of hydrogen-bond donors (Lipinski definition) is 0. The molecular formula is C17H16O3. The van der Waals surface area contributed by atoms with Gasteiger partial charge in [-0.2, -0.15) is 0 Å². The number of ketones is 1. The predicted octanol–water partition coefficient (Wildman–Crippen LogP) is 3.32. The highest BCUT2D eigenvalue weighted by molar-refractivity contribution is 5.98. The fourth-order valence-corrected chi connectivity index (χ4v) is 2.13. The summed E-state index contributed by atoms with van der Waals surface area (Å²) in [6, 6.07) is 14.5. The summed E-state index contributed by atoms with van der Waals surface area (Å²) in [6.07, 6.45) is 1.72. The molecule has 3 heteroatoms. The van der Waals surface area contributed by atoms with Crippen molar-refractivity contribution < 1.29 is 14.3 Å². The number of ether oxygens (including phenoxy) is 1. The first-order valence-electron chi connectivity index (χ1n) is 6.45. The van der Waals surface area contributed by atoms with Crippen molar-refractivity contribution in [3.63, 3.8) is 0 Å². The Kier molecular flexibility index (Phi) is 4.66. The summed E-state index contributed by atoms with van der Waals surface area (Å²) >= 11 is 0. The van der Waals surface area contributed by atoms with E-state index in [4.69, 9.17) is 4.74 Å². The summed E-state index contributed by atoms with van der Waals surface area (Å²) in [5.41, 5.74) is 2.12. The Hall–Kier alpha value is -2.42. The highest BCUT2D eigenvalue weighted by atomic mass is 16.5. The lowest BCUT2D eigenvalue weighted by atomic mass is 9.99. The quantitative estimate of drug-likeness (QED) is 0.596. The summed E-state index contributed by atoms with van der Waals surface area (Å²) in [4.78, 5) is 23.2. The van der Waals surface area contributed by atoms with Crippen LogP contribution in [0.2, 0.25) is 0 Å². The second-order valence-electron chi connectivity index (χ2n) is 4.44. The van der Waals surface area contributed by atoms with Crippen LogP contribution in [0.5, 0.6) is 5.75 Å². The lowest BCUT2D eigenvalue weighted by Crippen LogP contribution is -2.04. The average Bonchev–Trinajstić information content (AvgIpc) is 2.52. The zero-order chi connectivity index (χ0) is 14.4. The maximum Gasteiger partial charge on any atom is 0.166 e. The molecule has 0 atom stereocenters. The Morgan fingerprint density at radius 1 is 1.10 bits per heavy atom. The normalized spacial score (nSPS) is 10.1. The first-order valence-corrected chi connectivity index (χ1v) is 6.45. The minimum absolute atomic E-state index is 0.0168. The molecule has 3 nitrogen and oxygen atoms in total. The number of Topliss-reactive ketones (excluding diaryl/α,β-unsaturated/α-hetero) is 1. The van der Waals surface area contributed by atoms with Gasteiger partial charge in [-0.25, -0.2) is 0 Å². The summed E-state index contributed by atoms with van der Waals surface area (Å²) in [6.45, 7) is 0. The van der Waals surface area contributed by atoms with Crippen LogP contribution in [0, 0.1) is 0 Å². The molecule has 0 unspecified atom stereocenters. The first kappa shape index (κ1) is 14.0. The molecule has 0 bridgehead atoms. The van der Waals surface area contributed by atoms with E-state index in [2.05, 4.69) is 0 Å². The maximum absolute atomic E-state index is 12.2. The predicted molar refractivity (Wildman–Crippen MR) is 77.5 cm³/mol. The second-order valence-corrected chi connectivity index (χ2v) is 4.44. The molecule has 0 saturated heterocycles. The van der Waals surface area contributed by atoms with Gasteiger partial charge in [0.1, 0.15) is 12.0 Å². The van der Waals surface area contributed by atoms with Gasteiger partial charge in [0.25, 0.3) is 0 Å². The van der Waals surface area contributed by atoms with Crippen molar-refractivity contribution in [2.45, 2.75) is 12.8 Å². The summed E-state index contributed by atoms with van der Waals surface area (Å²) < 4.78 is 5.19. The van der Waals surface area contributed by atoms with E-state index in [9.17, 15) is 9.59 Å². The van der Waals surface area contributed by atoms with Gasteiger partial charge in [0.15, 0.2) is 5.78 Å². The van der Waals surface area contributed by atoms with Crippen LogP contribution in [0.3, 0.4) is 0 Å². The molecule has 0 N–H and O–H groups in total. The van der Waals surface area contributed by atoms with Crippen molar-refractivity contribution in [2.75, 3.05) is 7.11 Å². The van der Waals surface area contributed by atoms with E-state index >= 15 is 0 Å². The Bertz CT molecular complexity index is 617. The highest BCUT2D eigenvalue weighted by Gasteiger charge is 2.12. The number of rotatable bonds is 6. The number of aryl methyl sites for hydroxylation is 1. The molecule has 0 aliphatic heterocycles. The van der Waals surface area contributed by atoms with Gasteiger partial charge in [0.2, 0.25) is 0 Å². The summed E-state index contributed by atoms with van der Waals surface area (Å²) in [7, 11) is 1.55. The molecule has 2 aromatic rings. The number of methoxy groups -OCH3 is 1. The van der Waals surface area contributed by atoms with Crippen LogP contribution in [0.15, 0.2) is 48.5 Å². The van der Waals surface area contributed by atoms with Crippen LogP contribution >= 0.6 is 0 Å². The summed E-state index contributed by atoms with van der Waals surface area (Å²) in [5.74, 6) is 0.601. The third-order valence-electron chi connectivity index (χ3n) is 3.21. The number of aldehydes is 1. The van der Waals surface area contributed by atoms with Crippen LogP contribution in [-0.4, -0.2) is 19.2 Å². The Balaban J connectivity index is 2.11. The topological polar surface area (TPSA) is 43.4 Å². The SMILES string of the molecule is COc1ccccc1C(=O)CCc1ccccc1C=O. The first-order chi connectivity index (χ1) is 9.76. The minimum atomic E-state index is 0.0168. The molecule has 0 spiro atoms. The Labute approximate surface area is 118 Å². The van der Waals surface area contributed by atoms with Crippen LogP contribution in [-0.2, 0) is 6.42 Å². The minimum Gasteiger partial charge on any atom is -0.496 e. The van der Waals surface area contributed by atoms with Crippen molar-refractivity contribution in [3.05, 3.63) is 65.2 Å². The van der Waals surface area contributed by atoms with E-state index in [1.165, 1.54) is 0 Å². The molecule has 0 aliphatic carbocycles. The third kappa shape index (κ3) is 3.12. The molecule has 0 aliphatic rings. The van der Waals surface area contributed by atoms with Crippen LogP contribution in [0.25, 0.3) is 0 Å². The largest absolute Gasteiger partial charge is 0.496 e. The average molecular weight is 268 g/mol. The number of para-hydroxylation sites is 1. The molecule has 2 aromatic carbocycles. The molecular weight excluding hydrogens is 252 g/mol. The number of hydrogen-bond acceptors (Lipinski definition) is 3. The number of carbonyl (C=O) groups excluding carboxylic acids is 2. The van der Waals surface area contributed by atoms with Crippen LogP contribution in [0.1, 0.15) is 32.7 Å². The lowest BCUT2D eigenvalue weighted by Gasteiger charge is -2.08. The van der Waals surface area contributed by atoms with Gasteiger partial charge < -0.3 is 4.74 Å². The number of benzene rings is 2. The van der Waals surface area contributed by atoms with Crippen molar-refractivity contribution in [1.82, 2.24) is 0 Å². The van der Waals surface area contributed by atoms with E-state index in [1.54, 1.807) is 25.3 Å². The smallest absolute Gasteiger partial charge is 0.166 e. The zero-order valence-corrected chi connectivity index (χ0v) is 11.3. The van der Waals surface area contributed by atoms with Gasteiger partial charge in [-0.1, -0.05) is 36.4 Å². The molecule has 2 rings (SSSR count). The number of carbonyl (C=O) groups is 2. The van der Waals surface area contributed by atoms with E-state index in [1.807, 2.05) is 30.3 Å². The summed E-state index contributed by atoms with van der Waals surface area (Å²) in [5, 5.41) is 0. The molecule has 0 radical (unpaired) electrons. The Morgan fingerprint density at radius 3 is 2.55 bits per heavy atom. The van der Waals surface area contributed by atoms with Gasteiger partial charge in [0, 0.05) is 12.0 Å². The van der Waals surface area contributed by atoms with Gasteiger partial charge in [-0.05, 0) is 24.1 Å². The molecule has 0 heterocycles. The van der Waals surface area contributed by atoms with Crippen molar-refractivity contribution in [3.8, 4) is 5.75 Å². The molecule has 0 fully saturated rings. The molecule has 0 aromatic heterocycles. The standard InChI is InChI=1S/C17H16O3/c1-20-17-9-5-4-8-15(17)16(19)11-10-13-6-2-3-7-14(13)12-18/h2-9,12H,10-11H2,1H3. The van der Waals surface area contributed by atoms with Gasteiger partial charge in [-0.3, -0.25) is 9.59 Å². The van der Waals surface area contributed by atoms with Gasteiger partial charge >= 0.3 is 0 Å². The van der Waals surface area contributed by atoms with E-state index in [0.717, 1.165) is 11.8 Å². The highest BCUT2D eigenvalue weighted by Crippen LogP contribution is 2.20. The fourth-order valence-electron chi connectivity index (χ4n) is 2.13. The molecule has 102 valence electrons. The van der Waals surface area contributed by atoms with Crippen molar-refractivity contribution in [2.24, 2.45) is 0 Å². The monoisotopic (exact) mass is 268 g/mol. The fraction of sp³-hybridized carbons (Fsp3) is 0.176. The zero-order valence-electron chi connectivity index (χ0n) is 11.3. The van der Waals surface area contributed by atoms with E-state index in [0.29, 0.717) is 29.7 Å². The lowest BCUT2D eigenvalue weighted by molar-refractivity contribution is 0.0978. The second kappa shape index (κ2) is 6.66. The third-order valence-corrected chi connectivity index (χ3v) is 3.21. The van der Waals surface area contributed by atoms with Crippen molar-refractivity contribution >= 4 is 12.1 Å². The van der Waals surface area contributed by atoms with Crippen LogP contribution < -0.4 is 4.74 Å².